The average Bonchev–Trinajstić information content (AvgIpc) is 1.38. The van der Waals surface area contributed by atoms with Crippen LogP contribution in [0.3, 0.4) is 0 Å². The van der Waals surface area contributed by atoms with E-state index in [0.717, 1.165) is 6.08 Å². The summed E-state index contributed by atoms with van der Waals surface area (Å²) in [5.74, 6) is -0.481. The van der Waals surface area contributed by atoms with Gasteiger partial charge < -0.3 is 5.73 Å². The maximum absolute atomic E-state index is 9.47. The van der Waals surface area contributed by atoms with Gasteiger partial charge in [-0.3, -0.25) is 4.79 Å². The standard InChI is InChI=1S/C3H5NO.H2Se/c1-2-3(4)5;/h2H,1H2,(H2,4,5);1H2. The molecule has 0 aliphatic rings. The number of amides is 1. The number of hydrogen-bond donors (Lipinski definition) is 1. The molecule has 3 heteroatoms. The van der Waals surface area contributed by atoms with Crippen molar-refractivity contribution < 1.29 is 4.79 Å². The molecule has 2 nitrogen and oxygen atoms in total. The van der Waals surface area contributed by atoms with E-state index < -0.39 is 5.91 Å². The van der Waals surface area contributed by atoms with Gasteiger partial charge in [0.2, 0.25) is 5.91 Å². The van der Waals surface area contributed by atoms with E-state index in [0.29, 0.717) is 0 Å². The summed E-state index contributed by atoms with van der Waals surface area (Å²) in [4.78, 5) is 9.47. The molecule has 1 amide bonds. The van der Waals surface area contributed by atoms with Crippen LogP contribution in [0.15, 0.2) is 12.7 Å². The Balaban J connectivity index is 0. The molecule has 6 heavy (non-hydrogen) atoms. The van der Waals surface area contributed by atoms with Crippen LogP contribution in [0.5, 0.6) is 0 Å². The molecule has 0 atom stereocenters. The predicted molar refractivity (Wildman–Crippen MR) is 27.9 cm³/mol. The first-order valence-electron chi connectivity index (χ1n) is 1.19. The molecule has 0 aliphatic carbocycles. The molecule has 36 valence electrons. The molecule has 0 saturated heterocycles. The second kappa shape index (κ2) is 4.73. The minimum atomic E-state index is -0.481. The summed E-state index contributed by atoms with van der Waals surface area (Å²) < 4.78 is 0. The van der Waals surface area contributed by atoms with E-state index >= 15 is 0 Å². The number of carbonyl (C=O) groups is 1. The normalized spacial score (nSPS) is 5.33. The Morgan fingerprint density at radius 3 is 2.00 bits per heavy atom. The van der Waals surface area contributed by atoms with Crippen molar-refractivity contribution in [1.82, 2.24) is 0 Å². The summed E-state index contributed by atoms with van der Waals surface area (Å²) in [5, 5.41) is 0. The van der Waals surface area contributed by atoms with E-state index in [1.54, 1.807) is 0 Å². The van der Waals surface area contributed by atoms with Crippen LogP contribution in [-0.4, -0.2) is 23.0 Å². The van der Waals surface area contributed by atoms with Crippen molar-refractivity contribution in [2.45, 2.75) is 0 Å². The van der Waals surface area contributed by atoms with Gasteiger partial charge in [0.1, 0.15) is 0 Å². The van der Waals surface area contributed by atoms with Crippen molar-refractivity contribution in [3.8, 4) is 0 Å². The fourth-order valence-corrected chi connectivity index (χ4v) is 0. The molecule has 0 rings (SSSR count). The van der Waals surface area contributed by atoms with Gasteiger partial charge in [-0.1, -0.05) is 6.58 Å². The fourth-order valence-electron chi connectivity index (χ4n) is 0. The van der Waals surface area contributed by atoms with E-state index in [4.69, 9.17) is 0 Å². The Morgan fingerprint density at radius 1 is 1.83 bits per heavy atom. The monoisotopic (exact) mass is 153 g/mol. The predicted octanol–water partition coefficient (Wildman–Crippen LogP) is -1.26. The van der Waals surface area contributed by atoms with Crippen LogP contribution >= 0.6 is 0 Å². The molecule has 0 heterocycles. The van der Waals surface area contributed by atoms with E-state index in [9.17, 15) is 4.79 Å². The third-order valence-electron chi connectivity index (χ3n) is 0.201. The summed E-state index contributed by atoms with van der Waals surface area (Å²) in [7, 11) is 0. The number of nitrogens with two attached hydrogens (primary N) is 1. The van der Waals surface area contributed by atoms with Gasteiger partial charge in [0, 0.05) is 0 Å². The maximum atomic E-state index is 9.47. The van der Waals surface area contributed by atoms with E-state index in [-0.39, 0.29) is 17.1 Å². The first kappa shape index (κ1) is 9.21. The van der Waals surface area contributed by atoms with Crippen molar-refractivity contribution in [2.75, 3.05) is 0 Å². The molecule has 0 spiro atoms. The van der Waals surface area contributed by atoms with E-state index in [2.05, 4.69) is 12.3 Å². The molecule has 0 aromatic heterocycles. The molecular formula is C3H7NOSe. The van der Waals surface area contributed by atoms with Crippen molar-refractivity contribution >= 4 is 23.0 Å². The molecular weight excluding hydrogens is 145 g/mol. The van der Waals surface area contributed by atoms with Gasteiger partial charge in [-0.05, 0) is 6.08 Å². The van der Waals surface area contributed by atoms with Crippen LogP contribution in [0.4, 0.5) is 0 Å². The van der Waals surface area contributed by atoms with Gasteiger partial charge in [0.25, 0.3) is 0 Å². The molecule has 0 aromatic carbocycles. The Bertz CT molecular complexity index is 61.8. The molecule has 0 radical (unpaired) electrons. The summed E-state index contributed by atoms with van der Waals surface area (Å²) in [5.41, 5.74) is 4.53. The molecule has 0 unspecified atom stereocenters. The summed E-state index contributed by atoms with van der Waals surface area (Å²) in [6.45, 7) is 3.09. The molecule has 0 aromatic rings. The Kier molecular flexibility index (Phi) is 7.26. The molecule has 0 fully saturated rings. The number of hydrogen-bond acceptors (Lipinski definition) is 1. The van der Waals surface area contributed by atoms with Gasteiger partial charge in [-0.25, -0.2) is 0 Å². The number of rotatable bonds is 1. The van der Waals surface area contributed by atoms with E-state index in [1.807, 2.05) is 0 Å². The summed E-state index contributed by atoms with van der Waals surface area (Å²) in [6, 6.07) is 0. The fraction of sp³-hybridized carbons (Fsp3) is 0. The third kappa shape index (κ3) is 9.29. The van der Waals surface area contributed by atoms with Gasteiger partial charge in [0.05, 0.1) is 0 Å². The van der Waals surface area contributed by atoms with E-state index in [1.165, 1.54) is 0 Å². The molecule has 0 bridgehead atoms. The zero-order valence-electron chi connectivity index (χ0n) is 3.27. The number of carbonyl (C=O) groups excluding carboxylic acids is 1. The van der Waals surface area contributed by atoms with Crippen LogP contribution in [0.25, 0.3) is 0 Å². The Hall–Kier alpha value is -0.271. The van der Waals surface area contributed by atoms with Crippen LogP contribution in [0.2, 0.25) is 0 Å². The van der Waals surface area contributed by atoms with Gasteiger partial charge in [0.15, 0.2) is 0 Å². The second-order valence-corrected chi connectivity index (χ2v) is 0.606. The first-order valence-corrected chi connectivity index (χ1v) is 1.19. The Labute approximate surface area is 46.9 Å². The Morgan fingerprint density at radius 2 is 2.00 bits per heavy atom. The topological polar surface area (TPSA) is 43.1 Å². The van der Waals surface area contributed by atoms with Crippen LogP contribution < -0.4 is 5.73 Å². The van der Waals surface area contributed by atoms with Crippen LogP contribution in [-0.2, 0) is 4.79 Å². The number of primary amides is 1. The summed E-state index contributed by atoms with van der Waals surface area (Å²) in [6.07, 6.45) is 1.06. The van der Waals surface area contributed by atoms with Crippen LogP contribution in [0.1, 0.15) is 0 Å². The van der Waals surface area contributed by atoms with Crippen molar-refractivity contribution in [3.05, 3.63) is 12.7 Å². The molecule has 0 aliphatic heterocycles. The minimum absolute atomic E-state index is 0. The third-order valence-corrected chi connectivity index (χ3v) is 0.201. The van der Waals surface area contributed by atoms with Crippen molar-refractivity contribution in [2.24, 2.45) is 5.73 Å². The summed E-state index contributed by atoms with van der Waals surface area (Å²) >= 11 is 0. The first-order chi connectivity index (χ1) is 2.27. The zero-order valence-corrected chi connectivity index (χ0v) is 5.37. The van der Waals surface area contributed by atoms with Gasteiger partial charge >= 0.3 is 17.1 Å². The van der Waals surface area contributed by atoms with Crippen LogP contribution in [0, 0.1) is 0 Å². The zero-order chi connectivity index (χ0) is 4.28. The van der Waals surface area contributed by atoms with Crippen molar-refractivity contribution in [1.29, 1.82) is 0 Å². The van der Waals surface area contributed by atoms with Gasteiger partial charge in [-0.15, -0.1) is 0 Å². The molecule has 0 saturated carbocycles. The van der Waals surface area contributed by atoms with Gasteiger partial charge in [-0.2, -0.15) is 0 Å². The SMILES string of the molecule is C=CC(N)=O.[SeH2]. The molecule has 2 N–H and O–H groups in total. The quantitative estimate of drug-likeness (QED) is 0.370. The average molecular weight is 152 g/mol. The van der Waals surface area contributed by atoms with Crippen molar-refractivity contribution in [3.63, 3.8) is 0 Å². The second-order valence-electron chi connectivity index (χ2n) is 0.606.